The van der Waals surface area contributed by atoms with Gasteiger partial charge in [-0.1, -0.05) is 352 Å². The number of carbonyl (C=O) groups is 1. The van der Waals surface area contributed by atoms with Crippen molar-refractivity contribution in [2.45, 2.75) is 410 Å². The zero-order chi connectivity index (χ0) is 59.3. The number of unbranched alkanes of at least 4 members (excludes halogenated alkanes) is 50. The van der Waals surface area contributed by atoms with E-state index in [2.05, 4.69) is 43.5 Å². The van der Waals surface area contributed by atoms with Gasteiger partial charge in [0.1, 0.15) is 24.4 Å². The van der Waals surface area contributed by atoms with Crippen molar-refractivity contribution < 1.29 is 39.8 Å². The Labute approximate surface area is 508 Å². The van der Waals surface area contributed by atoms with Crippen LogP contribution in [-0.4, -0.2) is 87.5 Å². The fraction of sp³-hybridized carbons (Fsp3) is 0.904. The average Bonchev–Trinajstić information content (AvgIpc) is 3.52. The Balaban J connectivity index is 2.09. The molecule has 9 nitrogen and oxygen atoms in total. The lowest BCUT2D eigenvalue weighted by Gasteiger charge is -2.40. The molecule has 0 aliphatic carbocycles. The van der Waals surface area contributed by atoms with Crippen LogP contribution in [0.5, 0.6) is 0 Å². The van der Waals surface area contributed by atoms with Crippen LogP contribution in [0.15, 0.2) is 36.5 Å². The van der Waals surface area contributed by atoms with Gasteiger partial charge in [0.25, 0.3) is 0 Å². The van der Waals surface area contributed by atoms with Crippen molar-refractivity contribution in [3.63, 3.8) is 0 Å². The first-order chi connectivity index (χ1) is 40.3. The molecule has 6 N–H and O–H groups in total. The van der Waals surface area contributed by atoms with Gasteiger partial charge < -0.3 is 40.3 Å². The van der Waals surface area contributed by atoms with E-state index in [1.807, 2.05) is 6.08 Å². The van der Waals surface area contributed by atoms with Crippen LogP contribution in [0.1, 0.15) is 367 Å². The summed E-state index contributed by atoms with van der Waals surface area (Å²) in [5.41, 5.74) is 0. The first-order valence-corrected chi connectivity index (χ1v) is 36.2. The summed E-state index contributed by atoms with van der Waals surface area (Å²) in [6, 6.07) is -0.828. The van der Waals surface area contributed by atoms with Gasteiger partial charge >= 0.3 is 0 Å². The second kappa shape index (κ2) is 62.5. The lowest BCUT2D eigenvalue weighted by molar-refractivity contribution is -0.302. The number of allylic oxidation sites excluding steroid dienone is 5. The Bertz CT molecular complexity index is 1390. The second-order valence-electron chi connectivity index (χ2n) is 25.4. The van der Waals surface area contributed by atoms with E-state index in [-0.39, 0.29) is 12.5 Å². The summed E-state index contributed by atoms with van der Waals surface area (Å²) in [4.78, 5) is 13.1. The van der Waals surface area contributed by atoms with Crippen molar-refractivity contribution in [1.29, 1.82) is 0 Å². The van der Waals surface area contributed by atoms with E-state index < -0.39 is 49.5 Å². The molecule has 1 saturated heterocycles. The van der Waals surface area contributed by atoms with Crippen LogP contribution in [0.4, 0.5) is 0 Å². The zero-order valence-corrected chi connectivity index (χ0v) is 54.3. The quantitative estimate of drug-likeness (QED) is 0.0261. The lowest BCUT2D eigenvalue weighted by Crippen LogP contribution is -2.60. The molecule has 484 valence electrons. The van der Waals surface area contributed by atoms with Crippen molar-refractivity contribution in [1.82, 2.24) is 5.32 Å². The summed E-state index contributed by atoms with van der Waals surface area (Å²) in [6.07, 6.45) is 77.1. The van der Waals surface area contributed by atoms with Crippen molar-refractivity contribution in [2.75, 3.05) is 13.2 Å². The van der Waals surface area contributed by atoms with E-state index >= 15 is 0 Å². The molecule has 0 spiro atoms. The molecule has 7 unspecified atom stereocenters. The van der Waals surface area contributed by atoms with Crippen LogP contribution >= 0.6 is 0 Å². The maximum Gasteiger partial charge on any atom is 0.220 e. The number of nitrogens with one attached hydrogen (secondary N) is 1. The van der Waals surface area contributed by atoms with Gasteiger partial charge in [-0.25, -0.2) is 0 Å². The van der Waals surface area contributed by atoms with E-state index in [0.29, 0.717) is 6.42 Å². The number of aliphatic hydroxyl groups excluding tert-OH is 5. The van der Waals surface area contributed by atoms with Gasteiger partial charge in [-0.05, 0) is 44.9 Å². The zero-order valence-electron chi connectivity index (χ0n) is 54.3. The van der Waals surface area contributed by atoms with Crippen molar-refractivity contribution in [3.8, 4) is 0 Å². The molecule has 0 aromatic carbocycles. The van der Waals surface area contributed by atoms with Crippen LogP contribution in [0.3, 0.4) is 0 Å². The molecule has 7 atom stereocenters. The largest absolute Gasteiger partial charge is 0.394 e. The van der Waals surface area contributed by atoms with E-state index in [1.54, 1.807) is 6.08 Å². The maximum absolute atomic E-state index is 13.1. The van der Waals surface area contributed by atoms with Gasteiger partial charge in [-0.2, -0.15) is 0 Å². The topological polar surface area (TPSA) is 149 Å². The number of aliphatic hydroxyl groups is 5. The molecule has 1 fully saturated rings. The number of amides is 1. The summed E-state index contributed by atoms with van der Waals surface area (Å²) in [5, 5.41) is 54.7. The molecular formula is C73H139NO8. The Morgan fingerprint density at radius 2 is 0.695 bits per heavy atom. The second-order valence-corrected chi connectivity index (χ2v) is 25.4. The molecule has 0 saturated carbocycles. The van der Waals surface area contributed by atoms with E-state index in [0.717, 1.165) is 44.9 Å². The summed E-state index contributed by atoms with van der Waals surface area (Å²) >= 11 is 0. The van der Waals surface area contributed by atoms with Crippen LogP contribution in [-0.2, 0) is 14.3 Å². The Morgan fingerprint density at radius 1 is 0.402 bits per heavy atom. The first kappa shape index (κ1) is 78.4. The normalized spacial score (nSPS) is 18.5. The Kier molecular flexibility index (Phi) is 59.7. The Hall–Kier alpha value is -1.59. The van der Waals surface area contributed by atoms with Gasteiger partial charge in [0.05, 0.1) is 25.4 Å². The molecule has 1 aliphatic rings. The minimum atomic E-state index is -1.57. The molecular weight excluding hydrogens is 1020 g/mol. The van der Waals surface area contributed by atoms with Crippen LogP contribution in [0.2, 0.25) is 0 Å². The summed E-state index contributed by atoms with van der Waals surface area (Å²) in [7, 11) is 0. The summed E-state index contributed by atoms with van der Waals surface area (Å²) < 4.78 is 11.3. The van der Waals surface area contributed by atoms with Crippen LogP contribution < -0.4 is 5.32 Å². The number of carbonyl (C=O) groups excluding carboxylic acids is 1. The minimum absolute atomic E-state index is 0.183. The number of ether oxygens (including phenoxy) is 2. The highest BCUT2D eigenvalue weighted by molar-refractivity contribution is 5.76. The van der Waals surface area contributed by atoms with Gasteiger partial charge in [-0.3, -0.25) is 4.79 Å². The summed E-state index contributed by atoms with van der Waals surface area (Å²) in [6.45, 7) is 3.81. The SMILES string of the molecule is CCCCCCCCCCCCCC/C=C/CC/C=C/CC/C=C/C(O)C(COC1OC(CO)C(O)C(O)C1O)NC(=O)CCCCCCCCCCCCCCCCCCCCCCCCCCCCCCCCCCCCCCC. The van der Waals surface area contributed by atoms with Crippen LogP contribution in [0.25, 0.3) is 0 Å². The molecule has 1 amide bonds. The molecule has 1 rings (SSSR count). The molecule has 0 aromatic rings. The van der Waals surface area contributed by atoms with E-state index in [9.17, 15) is 30.3 Å². The average molecular weight is 1160 g/mol. The molecule has 82 heavy (non-hydrogen) atoms. The fourth-order valence-electron chi connectivity index (χ4n) is 11.8. The van der Waals surface area contributed by atoms with E-state index in [4.69, 9.17) is 9.47 Å². The molecule has 9 heteroatoms. The molecule has 1 aliphatic heterocycles. The monoisotopic (exact) mass is 1160 g/mol. The first-order valence-electron chi connectivity index (χ1n) is 36.2. The van der Waals surface area contributed by atoms with Gasteiger partial charge in [0, 0.05) is 6.42 Å². The number of hydrogen-bond donors (Lipinski definition) is 6. The predicted molar refractivity (Wildman–Crippen MR) is 350 cm³/mol. The third-order valence-corrected chi connectivity index (χ3v) is 17.4. The smallest absolute Gasteiger partial charge is 0.220 e. The minimum Gasteiger partial charge on any atom is -0.394 e. The van der Waals surface area contributed by atoms with Crippen LogP contribution in [0, 0.1) is 0 Å². The number of hydrogen-bond acceptors (Lipinski definition) is 8. The third kappa shape index (κ3) is 50.6. The highest BCUT2D eigenvalue weighted by Gasteiger charge is 2.44. The highest BCUT2D eigenvalue weighted by Crippen LogP contribution is 2.24. The van der Waals surface area contributed by atoms with Gasteiger partial charge in [0.15, 0.2) is 6.29 Å². The molecule has 0 aromatic heterocycles. The van der Waals surface area contributed by atoms with Crippen molar-refractivity contribution >= 4 is 5.91 Å². The van der Waals surface area contributed by atoms with Crippen molar-refractivity contribution in [3.05, 3.63) is 36.5 Å². The fourth-order valence-corrected chi connectivity index (χ4v) is 11.8. The standard InChI is InChI=1S/C73H139NO8/c1-3-5-7-9-11-13-15-17-19-21-23-25-27-28-29-30-31-32-33-34-35-36-37-38-39-40-41-43-45-47-49-51-53-55-57-59-61-63-69(77)74-66(65-81-73-72(80)71(79)70(78)68(64-75)82-73)67(76)62-60-58-56-54-52-50-48-46-44-42-26-24-22-20-18-16-14-12-10-8-6-4-2/h44,46,52,54,60,62,66-68,70-73,75-76,78-80H,3-43,45,47-51,53,55-59,61,63-65H2,1-2H3,(H,74,77)/b46-44+,54-52+,62-60+. The number of rotatable bonds is 64. The molecule has 0 bridgehead atoms. The maximum atomic E-state index is 13.1. The Morgan fingerprint density at radius 3 is 1.02 bits per heavy atom. The lowest BCUT2D eigenvalue weighted by atomic mass is 9.99. The third-order valence-electron chi connectivity index (χ3n) is 17.4. The van der Waals surface area contributed by atoms with Gasteiger partial charge in [-0.15, -0.1) is 0 Å². The van der Waals surface area contributed by atoms with Crippen molar-refractivity contribution in [2.24, 2.45) is 0 Å². The molecule has 0 radical (unpaired) electrons. The highest BCUT2D eigenvalue weighted by atomic mass is 16.7. The predicted octanol–water partition coefficient (Wildman–Crippen LogP) is 19.8. The summed E-state index contributed by atoms with van der Waals surface area (Å²) in [5.74, 6) is -0.183. The van der Waals surface area contributed by atoms with E-state index in [1.165, 1.54) is 302 Å². The molecule has 1 heterocycles. The van der Waals surface area contributed by atoms with Gasteiger partial charge in [0.2, 0.25) is 5.91 Å².